The van der Waals surface area contributed by atoms with Crippen molar-refractivity contribution in [2.45, 2.75) is 6.54 Å². The third kappa shape index (κ3) is 2.80. The van der Waals surface area contributed by atoms with Gasteiger partial charge < -0.3 is 10.2 Å². The molecule has 1 fully saturated rings. The minimum atomic E-state index is -0.625. The summed E-state index contributed by atoms with van der Waals surface area (Å²) in [6.07, 6.45) is 0. The average Bonchev–Trinajstić information content (AvgIpc) is 2.31. The zero-order valence-corrected chi connectivity index (χ0v) is 10.3. The van der Waals surface area contributed by atoms with Crippen molar-refractivity contribution in [2.24, 2.45) is 0 Å². The molecule has 0 radical (unpaired) electrons. The molecule has 2 rings (SSSR count). The summed E-state index contributed by atoms with van der Waals surface area (Å²) < 4.78 is 11.3. The summed E-state index contributed by atoms with van der Waals surface area (Å²) in [6, 6.07) is 6.07. The predicted octanol–water partition coefficient (Wildman–Crippen LogP) is 0.370. The molecule has 0 unspecified atom stereocenters. The van der Waals surface area contributed by atoms with Gasteiger partial charge in [0.25, 0.3) is 0 Å². The molecule has 5 heteroatoms. The quantitative estimate of drug-likeness (QED) is 0.828. The maximum Gasteiger partial charge on any atom is 0.128 e. The van der Waals surface area contributed by atoms with Gasteiger partial charge in [0.05, 0.1) is 5.69 Å². The number of anilines is 1. The smallest absolute Gasteiger partial charge is 0.128 e. The molecule has 16 heavy (non-hydrogen) atoms. The first-order valence-electron chi connectivity index (χ1n) is 5.50. The first-order chi connectivity index (χ1) is 7.79. The number of aromatic nitrogens is 1. The molecule has 1 aliphatic rings. The Balaban J connectivity index is 2.08. The molecule has 0 bridgehead atoms. The molecule has 88 valence electrons. The number of pyridine rings is 1. The molecule has 0 saturated carbocycles. The predicted molar refractivity (Wildman–Crippen MR) is 67.1 cm³/mol. The SMILES string of the molecule is CNCc1cccc(N2CCS(=O)CC2)n1. The van der Waals surface area contributed by atoms with Crippen molar-refractivity contribution < 1.29 is 4.21 Å². The Labute approximate surface area is 98.5 Å². The van der Waals surface area contributed by atoms with Crippen molar-refractivity contribution in [1.29, 1.82) is 0 Å². The topological polar surface area (TPSA) is 45.2 Å². The maximum absolute atomic E-state index is 11.3. The summed E-state index contributed by atoms with van der Waals surface area (Å²) in [6.45, 7) is 2.48. The maximum atomic E-state index is 11.3. The first kappa shape index (κ1) is 11.5. The number of rotatable bonds is 3. The van der Waals surface area contributed by atoms with Crippen LogP contribution in [0.15, 0.2) is 18.2 Å². The standard InChI is InChI=1S/C11H17N3OS/c1-12-9-10-3-2-4-11(13-10)14-5-7-16(15)8-6-14/h2-4,12H,5-9H2,1H3. The normalized spacial score (nSPS) is 17.7. The van der Waals surface area contributed by atoms with Crippen molar-refractivity contribution >= 4 is 16.6 Å². The van der Waals surface area contributed by atoms with E-state index < -0.39 is 10.8 Å². The van der Waals surface area contributed by atoms with Gasteiger partial charge in [-0.2, -0.15) is 0 Å². The zero-order chi connectivity index (χ0) is 11.4. The molecule has 0 spiro atoms. The molecule has 4 nitrogen and oxygen atoms in total. The highest BCUT2D eigenvalue weighted by Gasteiger charge is 2.16. The summed E-state index contributed by atoms with van der Waals surface area (Å²) in [4.78, 5) is 6.78. The third-order valence-electron chi connectivity index (χ3n) is 2.65. The molecule has 1 saturated heterocycles. The number of hydrogen-bond donors (Lipinski definition) is 1. The van der Waals surface area contributed by atoms with Crippen molar-refractivity contribution in [3.8, 4) is 0 Å². The van der Waals surface area contributed by atoms with E-state index in [0.29, 0.717) is 0 Å². The molecule has 0 atom stereocenters. The summed E-state index contributed by atoms with van der Waals surface area (Å²) >= 11 is 0. The van der Waals surface area contributed by atoms with Crippen LogP contribution in [0.25, 0.3) is 0 Å². The van der Waals surface area contributed by atoms with E-state index in [4.69, 9.17) is 0 Å². The lowest BCUT2D eigenvalue weighted by atomic mass is 10.3. The van der Waals surface area contributed by atoms with E-state index in [1.165, 1.54) is 0 Å². The third-order valence-corrected chi connectivity index (χ3v) is 3.93. The summed E-state index contributed by atoms with van der Waals surface area (Å²) in [7, 11) is 1.29. The lowest BCUT2D eigenvalue weighted by Crippen LogP contribution is -2.38. The molecule has 0 aliphatic carbocycles. The second kappa shape index (κ2) is 5.41. The van der Waals surface area contributed by atoms with E-state index >= 15 is 0 Å². The minimum absolute atomic E-state index is 0.625. The van der Waals surface area contributed by atoms with Crippen LogP contribution in [0.4, 0.5) is 5.82 Å². The minimum Gasteiger partial charge on any atom is -0.355 e. The van der Waals surface area contributed by atoms with Gasteiger partial charge in [0.2, 0.25) is 0 Å². The molecule has 2 heterocycles. The van der Waals surface area contributed by atoms with Crippen molar-refractivity contribution in [2.75, 3.05) is 36.5 Å². The Hall–Kier alpha value is -0.940. The van der Waals surface area contributed by atoms with E-state index in [1.807, 2.05) is 25.2 Å². The molecular formula is C11H17N3OS. The molecule has 1 aromatic rings. The van der Waals surface area contributed by atoms with Gasteiger partial charge in [0.15, 0.2) is 0 Å². The van der Waals surface area contributed by atoms with Gasteiger partial charge in [0, 0.05) is 41.9 Å². The van der Waals surface area contributed by atoms with Crippen LogP contribution in [0, 0.1) is 0 Å². The highest BCUT2D eigenvalue weighted by molar-refractivity contribution is 7.85. The van der Waals surface area contributed by atoms with Crippen LogP contribution in [-0.2, 0) is 17.3 Å². The number of nitrogens with one attached hydrogen (secondary N) is 1. The Bertz CT molecular complexity index is 373. The van der Waals surface area contributed by atoms with Crippen LogP contribution in [0.1, 0.15) is 5.69 Å². The monoisotopic (exact) mass is 239 g/mol. The largest absolute Gasteiger partial charge is 0.355 e. The number of nitrogens with zero attached hydrogens (tertiary/aromatic N) is 2. The molecule has 0 amide bonds. The van der Waals surface area contributed by atoms with E-state index in [-0.39, 0.29) is 0 Å². The van der Waals surface area contributed by atoms with Gasteiger partial charge in [0.1, 0.15) is 5.82 Å². The Morgan fingerprint density at radius 3 is 2.88 bits per heavy atom. The van der Waals surface area contributed by atoms with E-state index in [0.717, 1.165) is 42.7 Å². The van der Waals surface area contributed by atoms with Crippen LogP contribution >= 0.6 is 0 Å². The van der Waals surface area contributed by atoms with Gasteiger partial charge in [-0.1, -0.05) is 6.07 Å². The van der Waals surface area contributed by atoms with E-state index in [2.05, 4.69) is 15.2 Å². The fraction of sp³-hybridized carbons (Fsp3) is 0.545. The van der Waals surface area contributed by atoms with Crippen LogP contribution < -0.4 is 10.2 Å². The lowest BCUT2D eigenvalue weighted by molar-refractivity contribution is 0.672. The van der Waals surface area contributed by atoms with Gasteiger partial charge >= 0.3 is 0 Å². The van der Waals surface area contributed by atoms with Gasteiger partial charge in [-0.15, -0.1) is 0 Å². The van der Waals surface area contributed by atoms with Crippen molar-refractivity contribution in [3.05, 3.63) is 23.9 Å². The highest BCUT2D eigenvalue weighted by atomic mass is 32.2. The van der Waals surface area contributed by atoms with E-state index in [1.54, 1.807) is 0 Å². The van der Waals surface area contributed by atoms with Crippen molar-refractivity contribution in [1.82, 2.24) is 10.3 Å². The molecule has 0 aromatic carbocycles. The van der Waals surface area contributed by atoms with Crippen LogP contribution in [-0.4, -0.2) is 40.8 Å². The lowest BCUT2D eigenvalue weighted by Gasteiger charge is -2.27. The summed E-state index contributed by atoms with van der Waals surface area (Å²) in [5.74, 6) is 2.53. The fourth-order valence-electron chi connectivity index (χ4n) is 1.79. The van der Waals surface area contributed by atoms with Gasteiger partial charge in [-0.25, -0.2) is 4.98 Å². The molecule has 1 aromatic heterocycles. The Morgan fingerprint density at radius 1 is 1.44 bits per heavy atom. The Morgan fingerprint density at radius 2 is 2.19 bits per heavy atom. The van der Waals surface area contributed by atoms with Crippen LogP contribution in [0.2, 0.25) is 0 Å². The summed E-state index contributed by atoms with van der Waals surface area (Å²) in [5.41, 5.74) is 1.05. The first-order valence-corrected chi connectivity index (χ1v) is 6.99. The second-order valence-electron chi connectivity index (χ2n) is 3.85. The fourth-order valence-corrected chi connectivity index (χ4v) is 2.84. The molecule has 1 aliphatic heterocycles. The summed E-state index contributed by atoms with van der Waals surface area (Å²) in [5, 5.41) is 3.09. The molecule has 1 N–H and O–H groups in total. The molecular weight excluding hydrogens is 222 g/mol. The van der Waals surface area contributed by atoms with Gasteiger partial charge in [-0.05, 0) is 19.2 Å². The highest BCUT2D eigenvalue weighted by Crippen LogP contribution is 2.13. The Kier molecular flexibility index (Phi) is 3.90. The van der Waals surface area contributed by atoms with Crippen molar-refractivity contribution in [3.63, 3.8) is 0 Å². The second-order valence-corrected chi connectivity index (χ2v) is 5.55. The average molecular weight is 239 g/mol. The van der Waals surface area contributed by atoms with Gasteiger partial charge in [-0.3, -0.25) is 4.21 Å². The van der Waals surface area contributed by atoms with Crippen LogP contribution in [0.5, 0.6) is 0 Å². The van der Waals surface area contributed by atoms with Crippen LogP contribution in [0.3, 0.4) is 0 Å². The number of hydrogen-bond acceptors (Lipinski definition) is 4. The zero-order valence-electron chi connectivity index (χ0n) is 9.48. The van der Waals surface area contributed by atoms with E-state index in [9.17, 15) is 4.21 Å².